The first kappa shape index (κ1) is 19.3. The number of nitrogens with zero attached hydrogens (tertiary/aromatic N) is 3. The molecule has 2 aliphatic rings. The molecule has 3 rings (SSSR count). The molecular formula is C18H30IN5. The molecule has 0 unspecified atom stereocenters. The lowest BCUT2D eigenvalue weighted by Crippen LogP contribution is -2.42. The van der Waals surface area contributed by atoms with Crippen LogP contribution in [-0.4, -0.2) is 36.1 Å². The summed E-state index contributed by atoms with van der Waals surface area (Å²) in [7, 11) is 0. The van der Waals surface area contributed by atoms with Crippen molar-refractivity contribution in [3.8, 4) is 0 Å². The summed E-state index contributed by atoms with van der Waals surface area (Å²) in [5, 5.41) is 6.86. The molecule has 2 fully saturated rings. The van der Waals surface area contributed by atoms with Gasteiger partial charge >= 0.3 is 0 Å². The Kier molecular flexibility index (Phi) is 7.58. The molecule has 0 bridgehead atoms. The van der Waals surface area contributed by atoms with E-state index in [-0.39, 0.29) is 24.0 Å². The maximum absolute atomic E-state index is 4.70. The molecule has 2 heterocycles. The van der Waals surface area contributed by atoms with Gasteiger partial charge in [0.2, 0.25) is 0 Å². The maximum Gasteiger partial charge on any atom is 0.192 e. The zero-order valence-electron chi connectivity index (χ0n) is 14.8. The molecule has 0 radical (unpaired) electrons. The lowest BCUT2D eigenvalue weighted by Gasteiger charge is -2.27. The van der Waals surface area contributed by atoms with E-state index in [0.717, 1.165) is 30.4 Å². The smallest absolute Gasteiger partial charge is 0.192 e. The number of anilines is 1. The summed E-state index contributed by atoms with van der Waals surface area (Å²) in [6.45, 7) is 7.22. The normalized spacial score (nSPS) is 18.3. The summed E-state index contributed by atoms with van der Waals surface area (Å²) < 4.78 is 0. The number of pyridine rings is 1. The van der Waals surface area contributed by atoms with Gasteiger partial charge in [-0.3, -0.25) is 0 Å². The summed E-state index contributed by atoms with van der Waals surface area (Å²) in [4.78, 5) is 11.7. The van der Waals surface area contributed by atoms with E-state index in [1.165, 1.54) is 32.1 Å². The lowest BCUT2D eigenvalue weighted by molar-refractivity contribution is 0.573. The number of halogens is 1. The van der Waals surface area contributed by atoms with Crippen LogP contribution in [0, 0.1) is 0 Å². The predicted octanol–water partition coefficient (Wildman–Crippen LogP) is 3.30. The van der Waals surface area contributed by atoms with Crippen LogP contribution in [0.5, 0.6) is 0 Å². The van der Waals surface area contributed by atoms with Crippen LogP contribution in [0.4, 0.5) is 5.82 Å². The van der Waals surface area contributed by atoms with Crippen molar-refractivity contribution in [2.45, 2.75) is 64.6 Å². The van der Waals surface area contributed by atoms with Crippen molar-refractivity contribution >= 4 is 35.8 Å². The third kappa shape index (κ3) is 6.11. The molecule has 1 aromatic rings. The van der Waals surface area contributed by atoms with Gasteiger partial charge in [0, 0.05) is 31.4 Å². The van der Waals surface area contributed by atoms with Crippen LogP contribution in [0.1, 0.15) is 51.5 Å². The molecule has 134 valence electrons. The molecule has 5 nitrogen and oxygen atoms in total. The van der Waals surface area contributed by atoms with Gasteiger partial charge < -0.3 is 15.5 Å². The van der Waals surface area contributed by atoms with E-state index in [4.69, 9.17) is 4.99 Å². The number of guanidine groups is 1. The minimum Gasteiger partial charge on any atom is -0.357 e. The summed E-state index contributed by atoms with van der Waals surface area (Å²) in [5.41, 5.74) is 1.16. The Balaban J connectivity index is 0.00000208. The minimum absolute atomic E-state index is 0. The average molecular weight is 443 g/mol. The molecule has 1 aromatic heterocycles. The number of rotatable bonds is 5. The van der Waals surface area contributed by atoms with Crippen molar-refractivity contribution in [2.24, 2.45) is 4.99 Å². The highest BCUT2D eigenvalue weighted by molar-refractivity contribution is 14.0. The van der Waals surface area contributed by atoms with Crippen LogP contribution in [0.2, 0.25) is 0 Å². The molecule has 24 heavy (non-hydrogen) atoms. The monoisotopic (exact) mass is 443 g/mol. The molecule has 0 atom stereocenters. The van der Waals surface area contributed by atoms with Crippen molar-refractivity contribution < 1.29 is 0 Å². The second-order valence-electron chi connectivity index (χ2n) is 6.95. The molecule has 1 saturated heterocycles. The Labute approximate surface area is 162 Å². The summed E-state index contributed by atoms with van der Waals surface area (Å²) in [6, 6.07) is 5.30. The van der Waals surface area contributed by atoms with Crippen molar-refractivity contribution in [3.05, 3.63) is 23.9 Å². The maximum atomic E-state index is 4.70. The van der Waals surface area contributed by atoms with E-state index < -0.39 is 0 Å². The first-order valence-corrected chi connectivity index (χ1v) is 8.98. The van der Waals surface area contributed by atoms with Gasteiger partial charge in [-0.2, -0.15) is 0 Å². The van der Waals surface area contributed by atoms with Crippen LogP contribution >= 0.6 is 24.0 Å². The minimum atomic E-state index is 0. The third-order valence-corrected chi connectivity index (χ3v) is 4.25. The zero-order chi connectivity index (χ0) is 16.1. The molecule has 0 spiro atoms. The Morgan fingerprint density at radius 2 is 2.00 bits per heavy atom. The molecule has 1 saturated carbocycles. The van der Waals surface area contributed by atoms with Crippen molar-refractivity contribution in [2.75, 3.05) is 18.0 Å². The van der Waals surface area contributed by atoms with Gasteiger partial charge in [-0.25, -0.2) is 9.98 Å². The first-order valence-electron chi connectivity index (χ1n) is 8.98. The van der Waals surface area contributed by atoms with Crippen LogP contribution in [0.15, 0.2) is 23.3 Å². The van der Waals surface area contributed by atoms with Gasteiger partial charge in [-0.1, -0.05) is 6.07 Å². The Hall–Kier alpha value is -1.05. The number of aliphatic imine (C=N–C) groups is 1. The van der Waals surface area contributed by atoms with Gasteiger partial charge in [0.05, 0.1) is 6.54 Å². The molecular weight excluding hydrogens is 413 g/mol. The average Bonchev–Trinajstić information content (AvgIpc) is 3.37. The number of piperidine rings is 1. The summed E-state index contributed by atoms with van der Waals surface area (Å²) >= 11 is 0. The van der Waals surface area contributed by atoms with Crippen LogP contribution in [0.25, 0.3) is 0 Å². The SMILES string of the molecule is CC(C)NC(=NCc1ccc(N2CCCCC2)nc1)NC1CC1.I. The molecule has 0 amide bonds. The second kappa shape index (κ2) is 9.44. The van der Waals surface area contributed by atoms with Crippen LogP contribution in [0.3, 0.4) is 0 Å². The fourth-order valence-corrected chi connectivity index (χ4v) is 2.82. The van der Waals surface area contributed by atoms with E-state index in [9.17, 15) is 0 Å². The highest BCUT2D eigenvalue weighted by atomic mass is 127. The van der Waals surface area contributed by atoms with Crippen LogP contribution < -0.4 is 15.5 Å². The third-order valence-electron chi connectivity index (χ3n) is 4.25. The Morgan fingerprint density at radius 3 is 2.58 bits per heavy atom. The Bertz CT molecular complexity index is 513. The quantitative estimate of drug-likeness (QED) is 0.417. The number of hydrogen-bond acceptors (Lipinski definition) is 3. The highest BCUT2D eigenvalue weighted by Crippen LogP contribution is 2.19. The summed E-state index contributed by atoms with van der Waals surface area (Å²) in [6.07, 6.45) is 8.39. The van der Waals surface area contributed by atoms with Crippen molar-refractivity contribution in [3.63, 3.8) is 0 Å². The lowest BCUT2D eigenvalue weighted by atomic mass is 10.1. The van der Waals surface area contributed by atoms with Gasteiger partial charge in [-0.15, -0.1) is 24.0 Å². The standard InChI is InChI=1S/C18H29N5.HI/c1-14(2)21-18(22-16-7-8-16)20-13-15-6-9-17(19-12-15)23-10-4-3-5-11-23;/h6,9,12,14,16H,3-5,7-8,10-11,13H2,1-2H3,(H2,20,21,22);1H. The fraction of sp³-hybridized carbons (Fsp3) is 0.667. The second-order valence-corrected chi connectivity index (χ2v) is 6.95. The first-order chi connectivity index (χ1) is 11.2. The van der Waals surface area contributed by atoms with E-state index in [0.29, 0.717) is 18.6 Å². The summed E-state index contributed by atoms with van der Waals surface area (Å²) in [5.74, 6) is 2.02. The van der Waals surface area contributed by atoms with Crippen LogP contribution in [-0.2, 0) is 6.54 Å². The Morgan fingerprint density at radius 1 is 1.25 bits per heavy atom. The molecule has 0 aromatic carbocycles. The van der Waals surface area contributed by atoms with Crippen molar-refractivity contribution in [1.29, 1.82) is 0 Å². The molecule has 2 N–H and O–H groups in total. The number of hydrogen-bond donors (Lipinski definition) is 2. The van der Waals surface area contributed by atoms with E-state index >= 15 is 0 Å². The topological polar surface area (TPSA) is 52.6 Å². The molecule has 1 aliphatic carbocycles. The number of aromatic nitrogens is 1. The van der Waals surface area contributed by atoms with Gasteiger partial charge in [-0.05, 0) is 57.6 Å². The predicted molar refractivity (Wildman–Crippen MR) is 111 cm³/mol. The zero-order valence-corrected chi connectivity index (χ0v) is 17.1. The van der Waals surface area contributed by atoms with E-state index in [1.54, 1.807) is 0 Å². The fourth-order valence-electron chi connectivity index (χ4n) is 2.82. The molecule has 6 heteroatoms. The van der Waals surface area contributed by atoms with Gasteiger partial charge in [0.15, 0.2) is 5.96 Å². The highest BCUT2D eigenvalue weighted by Gasteiger charge is 2.22. The largest absolute Gasteiger partial charge is 0.357 e. The van der Waals surface area contributed by atoms with Gasteiger partial charge in [0.25, 0.3) is 0 Å². The molecule has 1 aliphatic heterocycles. The number of nitrogens with one attached hydrogen (secondary N) is 2. The van der Waals surface area contributed by atoms with E-state index in [1.807, 2.05) is 6.20 Å². The van der Waals surface area contributed by atoms with Crippen molar-refractivity contribution in [1.82, 2.24) is 15.6 Å². The van der Waals surface area contributed by atoms with Gasteiger partial charge in [0.1, 0.15) is 5.82 Å². The van der Waals surface area contributed by atoms with E-state index in [2.05, 4.69) is 46.5 Å².